The van der Waals surface area contributed by atoms with Gasteiger partial charge < -0.3 is 15.4 Å². The summed E-state index contributed by atoms with van der Waals surface area (Å²) in [5.74, 6) is 1.21. The zero-order valence-corrected chi connectivity index (χ0v) is 14.9. The minimum Gasteiger partial charge on any atom is -0.492 e. The molecule has 2 heterocycles. The van der Waals surface area contributed by atoms with E-state index in [0.717, 1.165) is 49.7 Å². The van der Waals surface area contributed by atoms with Gasteiger partial charge >= 0.3 is 0 Å². The number of nitrogens with two attached hydrogens (primary N) is 1. The van der Waals surface area contributed by atoms with Crippen molar-refractivity contribution in [3.05, 3.63) is 41.7 Å². The van der Waals surface area contributed by atoms with Crippen molar-refractivity contribution < 1.29 is 4.74 Å². The van der Waals surface area contributed by atoms with E-state index in [9.17, 15) is 0 Å². The summed E-state index contributed by atoms with van der Waals surface area (Å²) >= 11 is 0. The Morgan fingerprint density at radius 1 is 1.24 bits per heavy atom. The Hall–Kier alpha value is -2.38. The molecule has 0 bridgehead atoms. The van der Waals surface area contributed by atoms with Crippen LogP contribution >= 0.6 is 0 Å². The predicted molar refractivity (Wildman–Crippen MR) is 100 cm³/mol. The van der Waals surface area contributed by atoms with Crippen LogP contribution in [0.15, 0.2) is 35.6 Å². The summed E-state index contributed by atoms with van der Waals surface area (Å²) in [5, 5.41) is 4.37. The molecule has 134 valence electrons. The number of aryl methyl sites for hydroxylation is 1. The van der Waals surface area contributed by atoms with Gasteiger partial charge in [0, 0.05) is 38.3 Å². The van der Waals surface area contributed by atoms with E-state index in [0.29, 0.717) is 12.6 Å². The molecule has 0 amide bonds. The Morgan fingerprint density at radius 2 is 2.00 bits per heavy atom. The second-order valence-corrected chi connectivity index (χ2v) is 6.36. The maximum Gasteiger partial charge on any atom is 0.221 e. The number of likely N-dealkylation sites (N-methyl/N-ethyl adjacent to an activating group) is 1. The number of nitrogen functional groups attached to an aromatic ring is 1. The second-order valence-electron chi connectivity index (χ2n) is 6.36. The van der Waals surface area contributed by atoms with Crippen molar-refractivity contribution in [3.63, 3.8) is 0 Å². The molecule has 7 nitrogen and oxygen atoms in total. The Kier molecular flexibility index (Phi) is 5.67. The van der Waals surface area contributed by atoms with Crippen molar-refractivity contribution >= 4 is 12.2 Å². The van der Waals surface area contributed by atoms with Crippen molar-refractivity contribution in [2.45, 2.75) is 6.92 Å². The van der Waals surface area contributed by atoms with E-state index in [1.165, 1.54) is 0 Å². The lowest BCUT2D eigenvalue weighted by atomic mass is 10.2. The number of anilines is 1. The number of piperazine rings is 1. The van der Waals surface area contributed by atoms with Crippen LogP contribution in [0.5, 0.6) is 5.75 Å². The first kappa shape index (κ1) is 17.4. The van der Waals surface area contributed by atoms with Crippen LogP contribution in [0.4, 0.5) is 5.95 Å². The maximum atomic E-state index is 5.99. The predicted octanol–water partition coefficient (Wildman–Crippen LogP) is 1.28. The molecule has 0 unspecified atom stereocenters. The molecule has 7 heteroatoms. The van der Waals surface area contributed by atoms with E-state index >= 15 is 0 Å². The summed E-state index contributed by atoms with van der Waals surface area (Å²) in [6.07, 6.45) is 3.55. The van der Waals surface area contributed by atoms with Gasteiger partial charge in [0.05, 0.1) is 18.1 Å². The molecule has 1 aromatic heterocycles. The first-order chi connectivity index (χ1) is 12.1. The molecule has 0 radical (unpaired) electrons. The van der Waals surface area contributed by atoms with Crippen LogP contribution in [0.3, 0.4) is 0 Å². The number of hydrogen-bond donors (Lipinski definition) is 1. The molecule has 2 aromatic rings. The summed E-state index contributed by atoms with van der Waals surface area (Å²) in [6, 6.07) is 7.89. The molecular formula is C18H26N6O. The number of aromatic nitrogens is 2. The third-order valence-electron chi connectivity index (χ3n) is 4.34. The average Bonchev–Trinajstić information content (AvgIpc) is 2.93. The van der Waals surface area contributed by atoms with Gasteiger partial charge in [-0.15, -0.1) is 0 Å². The molecule has 3 rings (SSSR count). The van der Waals surface area contributed by atoms with Crippen LogP contribution in [0.1, 0.15) is 11.3 Å². The number of imidazole rings is 1. The topological polar surface area (TPSA) is 71.9 Å². The lowest BCUT2D eigenvalue weighted by Gasteiger charge is -2.32. The minimum atomic E-state index is 0.377. The molecule has 1 aliphatic heterocycles. The average molecular weight is 342 g/mol. The van der Waals surface area contributed by atoms with Gasteiger partial charge in [-0.25, -0.2) is 9.66 Å². The highest BCUT2D eigenvalue weighted by molar-refractivity contribution is 5.83. The molecule has 1 saturated heterocycles. The van der Waals surface area contributed by atoms with Crippen molar-refractivity contribution in [2.75, 3.05) is 52.1 Å². The lowest BCUT2D eigenvalue weighted by molar-refractivity contribution is 0.133. The van der Waals surface area contributed by atoms with Gasteiger partial charge in [-0.1, -0.05) is 12.1 Å². The minimum absolute atomic E-state index is 0.377. The highest BCUT2D eigenvalue weighted by Crippen LogP contribution is 2.16. The Labute approximate surface area is 148 Å². The summed E-state index contributed by atoms with van der Waals surface area (Å²) in [4.78, 5) is 8.93. The van der Waals surface area contributed by atoms with Gasteiger partial charge in [-0.3, -0.25) is 4.90 Å². The molecule has 1 aromatic carbocycles. The van der Waals surface area contributed by atoms with Crippen LogP contribution in [0, 0.1) is 6.92 Å². The first-order valence-electron chi connectivity index (χ1n) is 8.60. The monoisotopic (exact) mass is 342 g/mol. The van der Waals surface area contributed by atoms with Crippen LogP contribution < -0.4 is 10.5 Å². The first-order valence-corrected chi connectivity index (χ1v) is 8.60. The van der Waals surface area contributed by atoms with Crippen LogP contribution in [0.2, 0.25) is 0 Å². The van der Waals surface area contributed by atoms with Crippen molar-refractivity contribution in [1.82, 2.24) is 19.5 Å². The van der Waals surface area contributed by atoms with Gasteiger partial charge in [0.2, 0.25) is 5.95 Å². The molecule has 1 aliphatic rings. The van der Waals surface area contributed by atoms with E-state index in [2.05, 4.69) is 26.9 Å². The molecule has 0 saturated carbocycles. The number of hydrogen-bond acceptors (Lipinski definition) is 6. The van der Waals surface area contributed by atoms with E-state index in [-0.39, 0.29) is 0 Å². The van der Waals surface area contributed by atoms with Crippen molar-refractivity contribution in [3.8, 4) is 5.75 Å². The van der Waals surface area contributed by atoms with Gasteiger partial charge in [-0.05, 0) is 26.1 Å². The van der Waals surface area contributed by atoms with Crippen LogP contribution in [-0.2, 0) is 0 Å². The van der Waals surface area contributed by atoms with E-state index < -0.39 is 0 Å². The van der Waals surface area contributed by atoms with Crippen molar-refractivity contribution in [1.29, 1.82) is 0 Å². The lowest BCUT2D eigenvalue weighted by Crippen LogP contribution is -2.45. The van der Waals surface area contributed by atoms with E-state index in [4.69, 9.17) is 10.5 Å². The van der Waals surface area contributed by atoms with Crippen LogP contribution in [0.25, 0.3) is 0 Å². The number of nitrogens with zero attached hydrogens (tertiary/aromatic N) is 5. The van der Waals surface area contributed by atoms with E-state index in [1.807, 2.05) is 31.2 Å². The smallest absolute Gasteiger partial charge is 0.221 e. The maximum absolute atomic E-state index is 5.99. The third-order valence-corrected chi connectivity index (χ3v) is 4.34. The van der Waals surface area contributed by atoms with Gasteiger partial charge in [0.15, 0.2) is 0 Å². The second kappa shape index (κ2) is 8.13. The largest absolute Gasteiger partial charge is 0.492 e. The Bertz CT molecular complexity index is 718. The van der Waals surface area contributed by atoms with Crippen molar-refractivity contribution in [2.24, 2.45) is 5.10 Å². The zero-order valence-electron chi connectivity index (χ0n) is 14.9. The van der Waals surface area contributed by atoms with Gasteiger partial charge in [0.1, 0.15) is 12.4 Å². The summed E-state index contributed by atoms with van der Waals surface area (Å²) in [5.41, 5.74) is 7.58. The SMILES string of the molecule is Cc1cn(N=Cc2ccccc2OCCN2CCN(C)CC2)c(N)n1. The summed E-state index contributed by atoms with van der Waals surface area (Å²) < 4.78 is 7.55. The molecule has 0 spiro atoms. The molecule has 0 atom stereocenters. The quantitative estimate of drug-likeness (QED) is 0.801. The number of para-hydroxylation sites is 1. The molecule has 1 fully saturated rings. The Balaban J connectivity index is 1.58. The summed E-state index contributed by atoms with van der Waals surface area (Å²) in [6.45, 7) is 7.93. The number of benzene rings is 1. The molecule has 25 heavy (non-hydrogen) atoms. The fourth-order valence-electron chi connectivity index (χ4n) is 2.80. The number of rotatable bonds is 6. The van der Waals surface area contributed by atoms with Gasteiger partial charge in [0.25, 0.3) is 0 Å². The fraction of sp³-hybridized carbons (Fsp3) is 0.444. The highest BCUT2D eigenvalue weighted by atomic mass is 16.5. The molecule has 2 N–H and O–H groups in total. The Morgan fingerprint density at radius 3 is 2.72 bits per heavy atom. The zero-order chi connectivity index (χ0) is 17.6. The molecular weight excluding hydrogens is 316 g/mol. The van der Waals surface area contributed by atoms with Crippen LogP contribution in [-0.4, -0.2) is 72.1 Å². The fourth-order valence-corrected chi connectivity index (χ4v) is 2.80. The normalized spacial score (nSPS) is 16.6. The highest BCUT2D eigenvalue weighted by Gasteiger charge is 2.13. The molecule has 0 aliphatic carbocycles. The van der Waals surface area contributed by atoms with Gasteiger partial charge in [-0.2, -0.15) is 5.10 Å². The van der Waals surface area contributed by atoms with E-state index in [1.54, 1.807) is 17.1 Å². The number of ether oxygens (including phenoxy) is 1. The standard InChI is InChI=1S/C18H26N6O/c1-15-14-24(18(19)21-15)20-13-16-5-3-4-6-17(16)25-12-11-23-9-7-22(2)8-10-23/h3-6,13-14H,7-12H2,1-2H3,(H2,19,21). The summed E-state index contributed by atoms with van der Waals surface area (Å²) in [7, 11) is 2.16. The third kappa shape index (κ3) is 4.80.